The third kappa shape index (κ3) is 6.23. The maximum absolute atomic E-state index is 12.9. The maximum Gasteiger partial charge on any atom is 0.490 e. The number of hydrogen-bond acceptors (Lipinski definition) is 4. The summed E-state index contributed by atoms with van der Waals surface area (Å²) in [5.74, 6) is -2.91. The van der Waals surface area contributed by atoms with Crippen molar-refractivity contribution in [3.05, 3.63) is 33.8 Å². The van der Waals surface area contributed by atoms with Crippen LogP contribution in [0.5, 0.6) is 0 Å². The lowest BCUT2D eigenvalue weighted by molar-refractivity contribution is -0.192. The molecular formula is C18H19ClF6N2O4. The Morgan fingerprint density at radius 3 is 2.32 bits per heavy atom. The van der Waals surface area contributed by atoms with Crippen LogP contribution in [0.15, 0.2) is 12.1 Å². The summed E-state index contributed by atoms with van der Waals surface area (Å²) in [7, 11) is 0. The first-order chi connectivity index (χ1) is 14.2. The summed E-state index contributed by atoms with van der Waals surface area (Å²) in [6, 6.07) is 1.68. The number of alkyl halides is 6. The van der Waals surface area contributed by atoms with Crippen LogP contribution in [-0.4, -0.2) is 60.4 Å². The summed E-state index contributed by atoms with van der Waals surface area (Å²) in [5, 5.41) is 10.3. The van der Waals surface area contributed by atoms with Gasteiger partial charge in [0.2, 0.25) is 0 Å². The number of nitrogens with zero attached hydrogens (tertiary/aromatic N) is 1. The monoisotopic (exact) mass is 476 g/mol. The Labute approximate surface area is 178 Å². The average molecular weight is 477 g/mol. The van der Waals surface area contributed by atoms with Gasteiger partial charge in [-0.2, -0.15) is 26.3 Å². The molecular weight excluding hydrogens is 458 g/mol. The average Bonchev–Trinajstić information content (AvgIpc) is 2.67. The number of halogens is 7. The molecule has 174 valence electrons. The number of benzene rings is 1. The Balaban J connectivity index is 0.000000423. The smallest absolute Gasteiger partial charge is 0.475 e. The fourth-order valence-corrected chi connectivity index (χ4v) is 3.71. The van der Waals surface area contributed by atoms with E-state index in [4.69, 9.17) is 26.2 Å². The first-order valence-electron chi connectivity index (χ1n) is 9.06. The van der Waals surface area contributed by atoms with E-state index in [0.29, 0.717) is 43.8 Å². The molecule has 2 aliphatic rings. The molecule has 2 aliphatic heterocycles. The molecule has 2 N–H and O–H groups in total. The third-order valence-electron chi connectivity index (χ3n) is 4.78. The zero-order valence-corrected chi connectivity index (χ0v) is 16.9. The molecule has 0 unspecified atom stereocenters. The normalized spacial score (nSPS) is 21.6. The topological polar surface area (TPSA) is 78.9 Å². The fraction of sp³-hybridized carbons (Fsp3) is 0.556. The van der Waals surface area contributed by atoms with Crippen molar-refractivity contribution in [1.29, 1.82) is 0 Å². The molecule has 1 aromatic carbocycles. The number of rotatable bonds is 1. The molecule has 6 nitrogen and oxygen atoms in total. The van der Waals surface area contributed by atoms with Gasteiger partial charge in [-0.3, -0.25) is 4.79 Å². The second-order valence-electron chi connectivity index (χ2n) is 6.85. The second-order valence-corrected chi connectivity index (χ2v) is 7.26. The maximum atomic E-state index is 12.9. The molecule has 1 fully saturated rings. The Morgan fingerprint density at radius 2 is 1.84 bits per heavy atom. The zero-order valence-electron chi connectivity index (χ0n) is 16.1. The third-order valence-corrected chi connectivity index (χ3v) is 5.09. The van der Waals surface area contributed by atoms with Gasteiger partial charge in [0.25, 0.3) is 5.91 Å². The first kappa shape index (κ1) is 25.2. The van der Waals surface area contributed by atoms with Gasteiger partial charge >= 0.3 is 18.3 Å². The molecule has 1 aromatic rings. The highest BCUT2D eigenvalue weighted by Gasteiger charge is 2.39. The number of amides is 1. The van der Waals surface area contributed by atoms with Crippen molar-refractivity contribution in [2.75, 3.05) is 26.2 Å². The predicted octanol–water partition coefficient (Wildman–Crippen LogP) is 3.43. The number of morpholine rings is 1. The number of nitrogens with one attached hydrogen (secondary N) is 1. The van der Waals surface area contributed by atoms with E-state index in [1.807, 2.05) is 0 Å². The number of carboxylic acids is 1. The van der Waals surface area contributed by atoms with Gasteiger partial charge in [0.05, 0.1) is 18.2 Å². The molecule has 13 heteroatoms. The molecule has 2 atom stereocenters. The molecule has 0 radical (unpaired) electrons. The van der Waals surface area contributed by atoms with E-state index in [0.717, 1.165) is 12.1 Å². The number of ether oxygens (including phenoxy) is 1. The van der Waals surface area contributed by atoms with E-state index in [-0.39, 0.29) is 17.0 Å². The highest BCUT2D eigenvalue weighted by Crippen LogP contribution is 2.40. The lowest BCUT2D eigenvalue weighted by Crippen LogP contribution is -2.51. The second kappa shape index (κ2) is 9.61. The summed E-state index contributed by atoms with van der Waals surface area (Å²) in [6.07, 6.45) is -9.73. The molecule has 2 heterocycles. The highest BCUT2D eigenvalue weighted by molar-refractivity contribution is 6.31. The molecule has 0 aromatic heterocycles. The van der Waals surface area contributed by atoms with Crippen LogP contribution in [0.3, 0.4) is 0 Å². The molecule has 0 spiro atoms. The minimum Gasteiger partial charge on any atom is -0.475 e. The lowest BCUT2D eigenvalue weighted by atomic mass is 9.91. The van der Waals surface area contributed by atoms with Gasteiger partial charge in [-0.05, 0) is 36.6 Å². The van der Waals surface area contributed by atoms with Gasteiger partial charge in [-0.1, -0.05) is 11.6 Å². The van der Waals surface area contributed by atoms with Crippen molar-refractivity contribution >= 4 is 23.5 Å². The van der Waals surface area contributed by atoms with E-state index in [9.17, 15) is 31.1 Å². The summed E-state index contributed by atoms with van der Waals surface area (Å²) in [4.78, 5) is 23.2. The standard InChI is InChI=1S/C16H18ClF3N2O2.C2HF3O2/c1-9-14-10(6-11(7-12(14)17)16(18,19)20)2-4-22(9)15(23)13-8-21-3-5-24-13;3-2(4,5)1(6)7/h6-7,9,13,21H,2-5,8H2,1H3;(H,6,7)/t9-,13+;/m0./s1. The molecule has 0 bridgehead atoms. The quantitative estimate of drug-likeness (QED) is 0.607. The van der Waals surface area contributed by atoms with E-state index >= 15 is 0 Å². The van der Waals surface area contributed by atoms with Gasteiger partial charge in [0.1, 0.15) is 6.10 Å². The van der Waals surface area contributed by atoms with Crippen molar-refractivity contribution in [3.63, 3.8) is 0 Å². The summed E-state index contributed by atoms with van der Waals surface area (Å²) in [6.45, 7) is 3.74. The minimum absolute atomic E-state index is 0.0486. The van der Waals surface area contributed by atoms with Crippen molar-refractivity contribution < 1.29 is 45.8 Å². The molecule has 1 saturated heterocycles. The Hall–Kier alpha value is -2.05. The van der Waals surface area contributed by atoms with Crippen LogP contribution in [0.1, 0.15) is 29.7 Å². The van der Waals surface area contributed by atoms with Crippen molar-refractivity contribution in [1.82, 2.24) is 10.2 Å². The summed E-state index contributed by atoms with van der Waals surface area (Å²) in [5.41, 5.74) is 0.389. The van der Waals surface area contributed by atoms with Gasteiger partial charge in [-0.25, -0.2) is 4.79 Å². The molecule has 31 heavy (non-hydrogen) atoms. The van der Waals surface area contributed by atoms with Crippen LogP contribution in [-0.2, 0) is 26.9 Å². The SMILES string of the molecule is C[C@H]1c2c(Cl)cc(C(F)(F)F)cc2CCN1C(=O)[C@H]1CNCCO1.O=C(O)C(F)(F)F. The van der Waals surface area contributed by atoms with Gasteiger partial charge < -0.3 is 20.1 Å². The van der Waals surface area contributed by atoms with E-state index < -0.39 is 30.0 Å². The van der Waals surface area contributed by atoms with E-state index in [1.165, 1.54) is 0 Å². The Bertz CT molecular complexity index is 824. The number of carboxylic acid groups (broad SMARTS) is 1. The minimum atomic E-state index is -5.08. The van der Waals surface area contributed by atoms with Crippen LogP contribution < -0.4 is 5.32 Å². The van der Waals surface area contributed by atoms with Crippen molar-refractivity contribution in [3.8, 4) is 0 Å². The van der Waals surface area contributed by atoms with Crippen LogP contribution in [0, 0.1) is 0 Å². The lowest BCUT2D eigenvalue weighted by Gasteiger charge is -2.38. The summed E-state index contributed by atoms with van der Waals surface area (Å²) >= 11 is 6.12. The van der Waals surface area contributed by atoms with Crippen LogP contribution in [0.4, 0.5) is 26.3 Å². The van der Waals surface area contributed by atoms with Crippen LogP contribution in [0.25, 0.3) is 0 Å². The zero-order chi connectivity index (χ0) is 23.6. The highest BCUT2D eigenvalue weighted by atomic mass is 35.5. The Kier molecular flexibility index (Phi) is 7.82. The van der Waals surface area contributed by atoms with Gasteiger partial charge in [0.15, 0.2) is 0 Å². The number of carbonyl (C=O) groups is 2. The molecule has 3 rings (SSSR count). The largest absolute Gasteiger partial charge is 0.490 e. The van der Waals surface area contributed by atoms with Crippen molar-refractivity contribution in [2.24, 2.45) is 0 Å². The van der Waals surface area contributed by atoms with Gasteiger partial charge in [-0.15, -0.1) is 0 Å². The molecule has 0 saturated carbocycles. The number of hydrogen-bond donors (Lipinski definition) is 2. The van der Waals surface area contributed by atoms with Gasteiger partial charge in [0, 0.05) is 24.7 Å². The predicted molar refractivity (Wildman–Crippen MR) is 96.6 cm³/mol. The van der Waals surface area contributed by atoms with Crippen LogP contribution in [0.2, 0.25) is 5.02 Å². The van der Waals surface area contributed by atoms with E-state index in [1.54, 1.807) is 11.8 Å². The number of aliphatic carboxylic acids is 1. The molecule has 0 aliphatic carbocycles. The first-order valence-corrected chi connectivity index (χ1v) is 9.43. The molecule has 1 amide bonds. The van der Waals surface area contributed by atoms with Crippen molar-refractivity contribution in [2.45, 2.75) is 37.8 Å². The fourth-order valence-electron chi connectivity index (χ4n) is 3.31. The number of fused-ring (bicyclic) bond motifs is 1. The van der Waals surface area contributed by atoms with Crippen LogP contribution >= 0.6 is 11.6 Å². The van der Waals surface area contributed by atoms with E-state index in [2.05, 4.69) is 5.32 Å². The Morgan fingerprint density at radius 1 is 1.23 bits per heavy atom. The summed E-state index contributed by atoms with van der Waals surface area (Å²) < 4.78 is 76.0. The number of carbonyl (C=O) groups excluding carboxylic acids is 1.